The Morgan fingerprint density at radius 2 is 1.24 bits per heavy atom. The molecule has 0 spiro atoms. The van der Waals surface area contributed by atoms with Gasteiger partial charge in [-0.2, -0.15) is 0 Å². The Bertz CT molecular complexity index is 470. The Morgan fingerprint density at radius 3 is 1.72 bits per heavy atom. The van der Waals surface area contributed by atoms with Gasteiger partial charge >= 0.3 is 0 Å². The molecule has 0 saturated carbocycles. The number of unbranched alkanes of at least 4 members (excludes halogenated alkanes) is 1. The van der Waals surface area contributed by atoms with Gasteiger partial charge < -0.3 is 10.1 Å². The molecule has 0 bridgehead atoms. The molecule has 0 aromatic heterocycles. The highest BCUT2D eigenvalue weighted by Gasteiger charge is 1.97. The first-order chi connectivity index (χ1) is 12.3. The largest absolute Gasteiger partial charge is 0.349 e. The number of carbonyl (C=O) groups excluding carboxylic acids is 2. The van der Waals surface area contributed by atoms with E-state index in [4.69, 9.17) is 0 Å². The summed E-state index contributed by atoms with van der Waals surface area (Å²) in [7, 11) is 0. The average Bonchev–Trinajstić information content (AvgIpc) is 2.62. The molecule has 1 amide bonds. The molecule has 0 aliphatic heterocycles. The van der Waals surface area contributed by atoms with Gasteiger partial charge in [-0.15, -0.1) is 0 Å². The number of allylic oxidation sites excluding steroid dienone is 10. The van der Waals surface area contributed by atoms with Gasteiger partial charge in [-0.3, -0.25) is 4.79 Å². The number of rotatable bonds is 15. The second kappa shape index (κ2) is 19.9. The molecule has 0 rings (SSSR count). The van der Waals surface area contributed by atoms with E-state index in [2.05, 4.69) is 73.0 Å². The molecule has 0 aromatic rings. The second-order valence-corrected chi connectivity index (χ2v) is 5.57. The van der Waals surface area contributed by atoms with Crippen LogP contribution in [0.15, 0.2) is 60.8 Å². The van der Waals surface area contributed by atoms with Crippen molar-refractivity contribution in [2.24, 2.45) is 0 Å². The van der Waals surface area contributed by atoms with Crippen molar-refractivity contribution in [1.82, 2.24) is 5.32 Å². The third-order valence-corrected chi connectivity index (χ3v) is 3.31. The number of carbonyl (C=O) groups is 2. The first kappa shape index (κ1) is 22.8. The molecular formula is C22H33NO2. The van der Waals surface area contributed by atoms with Crippen molar-refractivity contribution in [3.63, 3.8) is 0 Å². The summed E-state index contributed by atoms with van der Waals surface area (Å²) in [5, 5.41) is 2.53. The molecule has 0 aromatic carbocycles. The van der Waals surface area contributed by atoms with Crippen LogP contribution in [0.5, 0.6) is 0 Å². The third kappa shape index (κ3) is 19.8. The van der Waals surface area contributed by atoms with E-state index in [1.165, 1.54) is 0 Å². The second-order valence-electron chi connectivity index (χ2n) is 5.57. The van der Waals surface area contributed by atoms with E-state index in [9.17, 15) is 9.59 Å². The van der Waals surface area contributed by atoms with Crippen molar-refractivity contribution in [2.45, 2.75) is 58.3 Å². The maximum atomic E-state index is 11.2. The molecule has 25 heavy (non-hydrogen) atoms. The fourth-order valence-electron chi connectivity index (χ4n) is 1.99. The SMILES string of the molecule is CC/C=C\C/C=C\C/C=C\C/C=C\C/C=C\CCCC(=O)NCC=O. The third-order valence-electron chi connectivity index (χ3n) is 3.31. The number of hydrogen-bond donors (Lipinski definition) is 1. The smallest absolute Gasteiger partial charge is 0.220 e. The summed E-state index contributed by atoms with van der Waals surface area (Å²) >= 11 is 0. The Hall–Kier alpha value is -2.16. The summed E-state index contributed by atoms with van der Waals surface area (Å²) in [4.78, 5) is 21.3. The van der Waals surface area contributed by atoms with E-state index in [1.807, 2.05) is 0 Å². The number of amides is 1. The predicted molar refractivity (Wildman–Crippen MR) is 107 cm³/mol. The molecule has 0 saturated heterocycles. The van der Waals surface area contributed by atoms with E-state index < -0.39 is 0 Å². The minimum atomic E-state index is -0.0561. The van der Waals surface area contributed by atoms with Crippen molar-refractivity contribution < 1.29 is 9.59 Å². The van der Waals surface area contributed by atoms with Gasteiger partial charge in [-0.05, 0) is 44.9 Å². The highest BCUT2D eigenvalue weighted by molar-refractivity contribution is 5.78. The maximum absolute atomic E-state index is 11.2. The molecule has 0 atom stereocenters. The van der Waals surface area contributed by atoms with Crippen molar-refractivity contribution in [3.8, 4) is 0 Å². The first-order valence-electron chi connectivity index (χ1n) is 9.26. The van der Waals surface area contributed by atoms with Crippen LogP contribution >= 0.6 is 0 Å². The Kier molecular flexibility index (Phi) is 18.2. The minimum absolute atomic E-state index is 0.0561. The fourth-order valence-corrected chi connectivity index (χ4v) is 1.99. The van der Waals surface area contributed by atoms with Gasteiger partial charge in [0.2, 0.25) is 5.91 Å². The molecule has 0 unspecified atom stereocenters. The van der Waals surface area contributed by atoms with E-state index >= 15 is 0 Å². The fraction of sp³-hybridized carbons (Fsp3) is 0.455. The molecule has 0 fully saturated rings. The van der Waals surface area contributed by atoms with Gasteiger partial charge in [0.15, 0.2) is 0 Å². The van der Waals surface area contributed by atoms with Crippen molar-refractivity contribution in [2.75, 3.05) is 6.54 Å². The molecule has 0 heterocycles. The zero-order valence-corrected chi connectivity index (χ0v) is 15.5. The van der Waals surface area contributed by atoms with Crippen LogP contribution in [0.4, 0.5) is 0 Å². The molecule has 0 aliphatic carbocycles. The van der Waals surface area contributed by atoms with Crippen LogP contribution in [-0.2, 0) is 9.59 Å². The summed E-state index contributed by atoms with van der Waals surface area (Å²) in [5.41, 5.74) is 0. The summed E-state index contributed by atoms with van der Waals surface area (Å²) < 4.78 is 0. The summed E-state index contributed by atoms with van der Waals surface area (Å²) in [6.45, 7) is 2.26. The zero-order valence-electron chi connectivity index (χ0n) is 15.5. The minimum Gasteiger partial charge on any atom is -0.349 e. The molecule has 3 nitrogen and oxygen atoms in total. The van der Waals surface area contributed by atoms with E-state index in [-0.39, 0.29) is 12.5 Å². The molecule has 3 heteroatoms. The summed E-state index contributed by atoms with van der Waals surface area (Å²) in [5.74, 6) is -0.0561. The van der Waals surface area contributed by atoms with Gasteiger partial charge in [0.25, 0.3) is 0 Å². The van der Waals surface area contributed by atoms with Crippen molar-refractivity contribution in [3.05, 3.63) is 60.8 Å². The monoisotopic (exact) mass is 343 g/mol. The van der Waals surface area contributed by atoms with Crippen LogP contribution in [0, 0.1) is 0 Å². The van der Waals surface area contributed by atoms with Crippen molar-refractivity contribution in [1.29, 1.82) is 0 Å². The van der Waals surface area contributed by atoms with E-state index in [0.29, 0.717) is 12.7 Å². The summed E-state index contributed by atoms with van der Waals surface area (Å²) in [6, 6.07) is 0. The highest BCUT2D eigenvalue weighted by atomic mass is 16.2. The lowest BCUT2D eigenvalue weighted by molar-refractivity contribution is -0.122. The number of nitrogens with one attached hydrogen (secondary N) is 1. The van der Waals surface area contributed by atoms with E-state index in [1.54, 1.807) is 0 Å². The Morgan fingerprint density at radius 1 is 0.760 bits per heavy atom. The lowest BCUT2D eigenvalue weighted by Gasteiger charge is -1.98. The van der Waals surface area contributed by atoms with Gasteiger partial charge in [0.05, 0.1) is 6.54 Å². The highest BCUT2D eigenvalue weighted by Crippen LogP contribution is 1.99. The van der Waals surface area contributed by atoms with Gasteiger partial charge in [-0.1, -0.05) is 67.7 Å². The molecule has 1 N–H and O–H groups in total. The van der Waals surface area contributed by atoms with Crippen LogP contribution in [0.3, 0.4) is 0 Å². The van der Waals surface area contributed by atoms with Crippen LogP contribution in [0.2, 0.25) is 0 Å². The normalized spacial score (nSPS) is 12.4. The Balaban J connectivity index is 3.50. The van der Waals surface area contributed by atoms with E-state index in [0.717, 1.165) is 44.9 Å². The van der Waals surface area contributed by atoms with Crippen LogP contribution < -0.4 is 5.32 Å². The number of aldehydes is 1. The topological polar surface area (TPSA) is 46.2 Å². The lowest BCUT2D eigenvalue weighted by atomic mass is 10.2. The van der Waals surface area contributed by atoms with Gasteiger partial charge in [-0.25, -0.2) is 0 Å². The average molecular weight is 344 g/mol. The van der Waals surface area contributed by atoms with Crippen LogP contribution in [-0.4, -0.2) is 18.7 Å². The number of hydrogen-bond acceptors (Lipinski definition) is 2. The molecule has 138 valence electrons. The van der Waals surface area contributed by atoms with Crippen molar-refractivity contribution >= 4 is 12.2 Å². The summed E-state index contributed by atoms with van der Waals surface area (Å²) in [6.07, 6.45) is 29.6. The van der Waals surface area contributed by atoms with Crippen LogP contribution in [0.25, 0.3) is 0 Å². The molecule has 0 radical (unpaired) electrons. The lowest BCUT2D eigenvalue weighted by Crippen LogP contribution is -2.24. The Labute approximate surface area is 153 Å². The maximum Gasteiger partial charge on any atom is 0.220 e. The predicted octanol–water partition coefficient (Wildman–Crippen LogP) is 5.22. The quantitative estimate of drug-likeness (QED) is 0.252. The van der Waals surface area contributed by atoms with Gasteiger partial charge in [0, 0.05) is 6.42 Å². The molecular weight excluding hydrogens is 310 g/mol. The first-order valence-corrected chi connectivity index (χ1v) is 9.26. The van der Waals surface area contributed by atoms with Crippen LogP contribution in [0.1, 0.15) is 58.3 Å². The molecule has 0 aliphatic rings. The van der Waals surface area contributed by atoms with Gasteiger partial charge in [0.1, 0.15) is 6.29 Å². The zero-order chi connectivity index (χ0) is 18.4. The standard InChI is InChI=1S/C22H33NO2/c1-2-3-4-5-6-7-8-9-10-11-12-13-14-15-16-17-18-19-22(25)23-20-21-24/h3-4,6-7,9-10,12-13,15-16,21H,2,5,8,11,14,17-20H2,1H3,(H,23,25)/b4-3-,7-6-,10-9-,13-12-,16-15-.